The van der Waals surface area contributed by atoms with E-state index in [-0.39, 0.29) is 0 Å². The Bertz CT molecular complexity index is 299. The fourth-order valence-corrected chi connectivity index (χ4v) is 2.17. The Morgan fingerprint density at radius 1 is 1.43 bits per heavy atom. The summed E-state index contributed by atoms with van der Waals surface area (Å²) in [5, 5.41) is 0. The molecule has 1 rings (SSSR count). The van der Waals surface area contributed by atoms with Crippen molar-refractivity contribution in [3.8, 4) is 0 Å². The molecule has 0 heterocycles. The smallest absolute Gasteiger partial charge is 0.0508 e. The topological polar surface area (TPSA) is 29.3 Å². The molecule has 0 bridgehead atoms. The standard InChI is InChI=1S/C11H17BrN2/c1-3-6-14(2)11-5-4-9(8-13)7-10(11)12/h4-5,7H,3,6,8,13H2,1-2H3. The SMILES string of the molecule is CCCN(C)c1ccc(CN)cc1Br. The van der Waals surface area contributed by atoms with Gasteiger partial charge < -0.3 is 10.6 Å². The van der Waals surface area contributed by atoms with Gasteiger partial charge in [-0.05, 0) is 40.0 Å². The molecule has 0 spiro atoms. The summed E-state index contributed by atoms with van der Waals surface area (Å²) in [7, 11) is 2.10. The van der Waals surface area contributed by atoms with Gasteiger partial charge in [0.2, 0.25) is 0 Å². The van der Waals surface area contributed by atoms with Gasteiger partial charge in [-0.2, -0.15) is 0 Å². The minimum atomic E-state index is 0.594. The van der Waals surface area contributed by atoms with Gasteiger partial charge in [-0.1, -0.05) is 13.0 Å². The molecule has 0 radical (unpaired) electrons. The zero-order valence-corrected chi connectivity index (χ0v) is 10.3. The third-order valence-corrected chi connectivity index (χ3v) is 2.85. The monoisotopic (exact) mass is 256 g/mol. The Morgan fingerprint density at radius 3 is 2.64 bits per heavy atom. The molecule has 1 aromatic rings. The van der Waals surface area contributed by atoms with Crippen LogP contribution in [0.1, 0.15) is 18.9 Å². The molecule has 3 heteroatoms. The lowest BCUT2D eigenvalue weighted by atomic mass is 10.2. The van der Waals surface area contributed by atoms with Crippen molar-refractivity contribution in [2.75, 3.05) is 18.5 Å². The first-order chi connectivity index (χ1) is 6.69. The second-order valence-electron chi connectivity index (χ2n) is 3.41. The predicted octanol–water partition coefficient (Wildman–Crippen LogP) is 2.75. The highest BCUT2D eigenvalue weighted by Crippen LogP contribution is 2.26. The number of benzene rings is 1. The van der Waals surface area contributed by atoms with E-state index in [0.29, 0.717) is 6.54 Å². The Kier molecular flexibility index (Phi) is 4.42. The average Bonchev–Trinajstić information content (AvgIpc) is 2.17. The van der Waals surface area contributed by atoms with Gasteiger partial charge in [-0.25, -0.2) is 0 Å². The normalized spacial score (nSPS) is 10.3. The zero-order valence-electron chi connectivity index (χ0n) is 8.76. The Balaban J connectivity index is 2.88. The van der Waals surface area contributed by atoms with Gasteiger partial charge in [0, 0.05) is 24.6 Å². The summed E-state index contributed by atoms with van der Waals surface area (Å²) in [6.07, 6.45) is 1.15. The molecule has 2 N–H and O–H groups in total. The lowest BCUT2D eigenvalue weighted by Gasteiger charge is -2.20. The van der Waals surface area contributed by atoms with Crippen molar-refractivity contribution >= 4 is 21.6 Å². The summed E-state index contributed by atoms with van der Waals surface area (Å²) in [4.78, 5) is 2.24. The Labute approximate surface area is 94.2 Å². The van der Waals surface area contributed by atoms with E-state index in [9.17, 15) is 0 Å². The Morgan fingerprint density at radius 2 is 2.14 bits per heavy atom. The predicted molar refractivity (Wildman–Crippen MR) is 65.6 cm³/mol. The maximum absolute atomic E-state index is 5.57. The minimum absolute atomic E-state index is 0.594. The van der Waals surface area contributed by atoms with Crippen molar-refractivity contribution in [3.05, 3.63) is 28.2 Å². The lowest BCUT2D eigenvalue weighted by Crippen LogP contribution is -2.18. The highest BCUT2D eigenvalue weighted by atomic mass is 79.9. The fourth-order valence-electron chi connectivity index (χ4n) is 1.44. The molecular formula is C11H17BrN2. The molecule has 78 valence electrons. The minimum Gasteiger partial charge on any atom is -0.374 e. The van der Waals surface area contributed by atoms with E-state index in [1.165, 1.54) is 5.69 Å². The number of nitrogens with two attached hydrogens (primary N) is 1. The molecule has 0 saturated carbocycles. The van der Waals surface area contributed by atoms with E-state index in [4.69, 9.17) is 5.73 Å². The van der Waals surface area contributed by atoms with Crippen LogP contribution in [0.15, 0.2) is 22.7 Å². The van der Waals surface area contributed by atoms with Crippen LogP contribution in [0.3, 0.4) is 0 Å². The molecule has 1 aromatic carbocycles. The highest BCUT2D eigenvalue weighted by Gasteiger charge is 2.04. The Hall–Kier alpha value is -0.540. The van der Waals surface area contributed by atoms with Gasteiger partial charge in [0.15, 0.2) is 0 Å². The number of nitrogens with zero attached hydrogens (tertiary/aromatic N) is 1. The zero-order chi connectivity index (χ0) is 10.6. The molecule has 14 heavy (non-hydrogen) atoms. The first-order valence-electron chi connectivity index (χ1n) is 4.88. The summed E-state index contributed by atoms with van der Waals surface area (Å²) in [5.41, 5.74) is 7.95. The quantitative estimate of drug-likeness (QED) is 0.898. The summed E-state index contributed by atoms with van der Waals surface area (Å²) >= 11 is 3.56. The number of hydrogen-bond acceptors (Lipinski definition) is 2. The maximum Gasteiger partial charge on any atom is 0.0508 e. The first-order valence-corrected chi connectivity index (χ1v) is 5.68. The summed E-state index contributed by atoms with van der Waals surface area (Å²) in [6, 6.07) is 6.27. The van der Waals surface area contributed by atoms with E-state index in [2.05, 4.69) is 53.0 Å². The van der Waals surface area contributed by atoms with Crippen LogP contribution in [0.25, 0.3) is 0 Å². The number of rotatable bonds is 4. The molecule has 0 atom stereocenters. The van der Waals surface area contributed by atoms with E-state index < -0.39 is 0 Å². The van der Waals surface area contributed by atoms with E-state index in [0.717, 1.165) is 23.0 Å². The van der Waals surface area contributed by atoms with Crippen LogP contribution in [0.4, 0.5) is 5.69 Å². The van der Waals surface area contributed by atoms with E-state index in [1.807, 2.05) is 0 Å². The third kappa shape index (κ3) is 2.72. The van der Waals surface area contributed by atoms with Crippen LogP contribution in [0.5, 0.6) is 0 Å². The molecule has 0 saturated heterocycles. The molecule has 0 amide bonds. The number of hydrogen-bond donors (Lipinski definition) is 1. The van der Waals surface area contributed by atoms with Crippen LogP contribution in [-0.2, 0) is 6.54 Å². The summed E-state index contributed by atoms with van der Waals surface area (Å²) in [6.45, 7) is 3.84. The van der Waals surface area contributed by atoms with Gasteiger partial charge in [0.1, 0.15) is 0 Å². The van der Waals surface area contributed by atoms with Crippen LogP contribution < -0.4 is 10.6 Å². The molecular weight excluding hydrogens is 240 g/mol. The third-order valence-electron chi connectivity index (χ3n) is 2.22. The van der Waals surface area contributed by atoms with Crippen molar-refractivity contribution in [2.45, 2.75) is 19.9 Å². The molecule has 0 aliphatic carbocycles. The average molecular weight is 257 g/mol. The molecule has 0 aliphatic heterocycles. The van der Waals surface area contributed by atoms with Crippen molar-refractivity contribution in [1.29, 1.82) is 0 Å². The molecule has 0 unspecified atom stereocenters. The van der Waals surface area contributed by atoms with Crippen molar-refractivity contribution < 1.29 is 0 Å². The maximum atomic E-state index is 5.57. The molecule has 2 nitrogen and oxygen atoms in total. The fraction of sp³-hybridized carbons (Fsp3) is 0.455. The summed E-state index contributed by atoms with van der Waals surface area (Å²) in [5.74, 6) is 0. The van der Waals surface area contributed by atoms with E-state index >= 15 is 0 Å². The molecule has 0 aliphatic rings. The van der Waals surface area contributed by atoms with E-state index in [1.54, 1.807) is 0 Å². The van der Waals surface area contributed by atoms with Crippen molar-refractivity contribution in [2.24, 2.45) is 5.73 Å². The number of anilines is 1. The second-order valence-corrected chi connectivity index (χ2v) is 4.27. The first kappa shape index (κ1) is 11.5. The molecule has 0 aromatic heterocycles. The van der Waals surface area contributed by atoms with Crippen LogP contribution in [-0.4, -0.2) is 13.6 Å². The summed E-state index contributed by atoms with van der Waals surface area (Å²) < 4.78 is 1.12. The van der Waals surface area contributed by atoms with Crippen LogP contribution >= 0.6 is 15.9 Å². The van der Waals surface area contributed by atoms with Crippen LogP contribution in [0, 0.1) is 0 Å². The largest absolute Gasteiger partial charge is 0.374 e. The van der Waals surface area contributed by atoms with Gasteiger partial charge in [0.25, 0.3) is 0 Å². The lowest BCUT2D eigenvalue weighted by molar-refractivity contribution is 0.850. The van der Waals surface area contributed by atoms with Gasteiger partial charge in [-0.15, -0.1) is 0 Å². The van der Waals surface area contributed by atoms with Crippen molar-refractivity contribution in [3.63, 3.8) is 0 Å². The van der Waals surface area contributed by atoms with Gasteiger partial charge >= 0.3 is 0 Å². The number of halogens is 1. The van der Waals surface area contributed by atoms with Crippen LogP contribution in [0.2, 0.25) is 0 Å². The van der Waals surface area contributed by atoms with Gasteiger partial charge in [-0.3, -0.25) is 0 Å². The highest BCUT2D eigenvalue weighted by molar-refractivity contribution is 9.10. The second kappa shape index (κ2) is 5.37. The van der Waals surface area contributed by atoms with Crippen molar-refractivity contribution in [1.82, 2.24) is 0 Å². The molecule has 0 fully saturated rings. The van der Waals surface area contributed by atoms with Gasteiger partial charge in [0.05, 0.1) is 5.69 Å².